The van der Waals surface area contributed by atoms with Gasteiger partial charge in [-0.1, -0.05) is 18.2 Å². The van der Waals surface area contributed by atoms with Crippen LogP contribution < -0.4 is 0 Å². The number of hydrogen-bond donors (Lipinski definition) is 0. The molecule has 0 N–H and O–H groups in total. The molecule has 1 aromatic rings. The normalized spacial score (nSPS) is 11.6. The van der Waals surface area contributed by atoms with Gasteiger partial charge in [0.25, 0.3) is 5.69 Å². The van der Waals surface area contributed by atoms with Gasteiger partial charge in [-0.3, -0.25) is 20.2 Å². The van der Waals surface area contributed by atoms with Crippen LogP contribution in [-0.4, -0.2) is 28.5 Å². The number of carbonyl (C=O) groups is 1. The fourth-order valence-corrected chi connectivity index (χ4v) is 1.55. The molecule has 1 atom stereocenters. The van der Waals surface area contributed by atoms with Gasteiger partial charge in [0, 0.05) is 16.6 Å². The van der Waals surface area contributed by atoms with E-state index in [4.69, 9.17) is 0 Å². The number of benzene rings is 1. The molecular formula is C11H12N2O6. The number of esters is 1. The van der Waals surface area contributed by atoms with E-state index in [1.54, 1.807) is 0 Å². The van der Waals surface area contributed by atoms with Crippen molar-refractivity contribution in [3.8, 4) is 0 Å². The van der Waals surface area contributed by atoms with Crippen molar-refractivity contribution < 1.29 is 19.4 Å². The van der Waals surface area contributed by atoms with Gasteiger partial charge in [0.2, 0.25) is 0 Å². The Balaban J connectivity index is 3.00. The van der Waals surface area contributed by atoms with E-state index in [-0.39, 0.29) is 24.3 Å². The summed E-state index contributed by atoms with van der Waals surface area (Å²) in [5.41, 5.74) is -0.124. The zero-order valence-electron chi connectivity index (χ0n) is 10.1. The summed E-state index contributed by atoms with van der Waals surface area (Å²) in [5.74, 6) is -0.995. The van der Waals surface area contributed by atoms with E-state index in [2.05, 4.69) is 4.74 Å². The lowest BCUT2D eigenvalue weighted by Crippen LogP contribution is -2.33. The minimum absolute atomic E-state index is 0.0139. The van der Waals surface area contributed by atoms with Gasteiger partial charge in [0.05, 0.1) is 18.0 Å². The number of nitrogens with zero attached hydrogens (tertiary/aromatic N) is 2. The molecule has 1 aromatic carbocycles. The Bertz CT molecular complexity index is 502. The maximum absolute atomic E-state index is 11.4. The Kier molecular flexibility index (Phi) is 4.92. The molecule has 0 aromatic heterocycles. The highest BCUT2D eigenvalue weighted by Gasteiger charge is 2.33. The number of carbonyl (C=O) groups excluding carboxylic acids is 1. The Morgan fingerprint density at radius 2 is 1.95 bits per heavy atom. The van der Waals surface area contributed by atoms with Gasteiger partial charge in [-0.25, -0.2) is 4.79 Å². The van der Waals surface area contributed by atoms with Crippen molar-refractivity contribution in [3.05, 3.63) is 50.1 Å². The zero-order valence-corrected chi connectivity index (χ0v) is 10.1. The molecular weight excluding hydrogens is 256 g/mol. The Morgan fingerprint density at radius 3 is 2.47 bits per heavy atom. The average Bonchev–Trinajstić information content (AvgIpc) is 2.36. The van der Waals surface area contributed by atoms with E-state index in [1.807, 2.05) is 0 Å². The van der Waals surface area contributed by atoms with Gasteiger partial charge in [-0.15, -0.1) is 0 Å². The van der Waals surface area contributed by atoms with Crippen LogP contribution in [0.4, 0.5) is 5.69 Å². The van der Waals surface area contributed by atoms with Crippen LogP contribution in [0, 0.1) is 20.2 Å². The third-order valence-corrected chi connectivity index (χ3v) is 2.41. The first-order valence-corrected chi connectivity index (χ1v) is 5.49. The summed E-state index contributed by atoms with van der Waals surface area (Å²) in [7, 11) is 0. The smallest absolute Gasteiger partial charge is 0.382 e. The lowest BCUT2D eigenvalue weighted by atomic mass is 10.0. The van der Waals surface area contributed by atoms with Crippen LogP contribution in [0.1, 0.15) is 12.5 Å². The van der Waals surface area contributed by atoms with Crippen LogP contribution in [0.15, 0.2) is 24.3 Å². The summed E-state index contributed by atoms with van der Waals surface area (Å²) in [6.07, 6.45) is -0.372. The van der Waals surface area contributed by atoms with E-state index in [1.165, 1.54) is 31.2 Å². The van der Waals surface area contributed by atoms with E-state index in [0.717, 1.165) is 0 Å². The highest BCUT2D eigenvalue weighted by Crippen LogP contribution is 2.20. The monoisotopic (exact) mass is 268 g/mol. The Labute approximate surface area is 108 Å². The lowest BCUT2D eigenvalue weighted by Gasteiger charge is -2.08. The second-order valence-corrected chi connectivity index (χ2v) is 3.64. The number of rotatable bonds is 6. The van der Waals surface area contributed by atoms with Gasteiger partial charge in [0.15, 0.2) is 0 Å². The van der Waals surface area contributed by atoms with Gasteiger partial charge in [-0.2, -0.15) is 0 Å². The fraction of sp³-hybridized carbons (Fsp3) is 0.364. The molecule has 0 fully saturated rings. The first kappa shape index (κ1) is 14.6. The molecule has 0 saturated heterocycles. The van der Waals surface area contributed by atoms with Crippen LogP contribution in [-0.2, 0) is 16.0 Å². The Morgan fingerprint density at radius 1 is 1.32 bits per heavy atom. The maximum atomic E-state index is 11.4. The highest BCUT2D eigenvalue weighted by atomic mass is 16.6. The van der Waals surface area contributed by atoms with Crippen molar-refractivity contribution in [3.63, 3.8) is 0 Å². The maximum Gasteiger partial charge on any atom is 0.382 e. The zero-order chi connectivity index (χ0) is 14.4. The highest BCUT2D eigenvalue weighted by molar-refractivity contribution is 5.75. The van der Waals surface area contributed by atoms with E-state index >= 15 is 0 Å². The van der Waals surface area contributed by atoms with E-state index in [9.17, 15) is 25.0 Å². The molecule has 0 bridgehead atoms. The molecule has 102 valence electrons. The molecule has 0 radical (unpaired) electrons. The minimum atomic E-state index is -1.64. The van der Waals surface area contributed by atoms with Crippen LogP contribution in [0.25, 0.3) is 0 Å². The largest absolute Gasteiger partial charge is 0.461 e. The molecule has 19 heavy (non-hydrogen) atoms. The summed E-state index contributed by atoms with van der Waals surface area (Å²) >= 11 is 0. The Hall–Kier alpha value is -2.51. The van der Waals surface area contributed by atoms with Crippen LogP contribution in [0.2, 0.25) is 0 Å². The molecule has 1 rings (SSSR count). The molecule has 0 aliphatic heterocycles. The summed E-state index contributed by atoms with van der Waals surface area (Å²) in [4.78, 5) is 31.6. The van der Waals surface area contributed by atoms with Gasteiger partial charge in [-0.05, 0) is 6.92 Å². The molecule has 8 heteroatoms. The standard InChI is InChI=1S/C11H12N2O6/c1-2-19-11(14)10(13(17)18)7-8-5-3-4-6-9(8)12(15)16/h3-6,10H,2,7H2,1H3. The third kappa shape index (κ3) is 3.73. The van der Waals surface area contributed by atoms with Crippen molar-refractivity contribution in [2.24, 2.45) is 0 Å². The number of ether oxygens (including phenoxy) is 1. The van der Waals surface area contributed by atoms with Gasteiger partial charge >= 0.3 is 12.0 Å². The molecule has 0 aliphatic rings. The molecule has 8 nitrogen and oxygen atoms in total. The van der Waals surface area contributed by atoms with Crippen LogP contribution >= 0.6 is 0 Å². The van der Waals surface area contributed by atoms with Crippen LogP contribution in [0.3, 0.4) is 0 Å². The molecule has 0 amide bonds. The molecule has 0 heterocycles. The summed E-state index contributed by atoms with van der Waals surface area (Å²) < 4.78 is 4.59. The predicted octanol–water partition coefficient (Wildman–Crippen LogP) is 1.35. The number of nitro benzene ring substituents is 1. The number of para-hydroxylation sites is 1. The quantitative estimate of drug-likeness (QED) is 0.437. The van der Waals surface area contributed by atoms with E-state index in [0.29, 0.717) is 0 Å². The summed E-state index contributed by atoms with van der Waals surface area (Å²) in [6, 6.07) is 3.95. The molecule has 0 aliphatic carbocycles. The third-order valence-electron chi connectivity index (χ3n) is 2.41. The molecule has 0 spiro atoms. The average molecular weight is 268 g/mol. The number of hydrogen-bond acceptors (Lipinski definition) is 6. The molecule has 0 saturated carbocycles. The second-order valence-electron chi connectivity index (χ2n) is 3.64. The van der Waals surface area contributed by atoms with Gasteiger partial charge < -0.3 is 4.74 Å². The number of nitro groups is 2. The van der Waals surface area contributed by atoms with Crippen molar-refractivity contribution >= 4 is 11.7 Å². The van der Waals surface area contributed by atoms with E-state index < -0.39 is 21.9 Å². The first-order chi connectivity index (χ1) is 8.97. The van der Waals surface area contributed by atoms with Crippen molar-refractivity contribution in [2.75, 3.05) is 6.61 Å². The predicted molar refractivity (Wildman–Crippen MR) is 64.2 cm³/mol. The molecule has 1 unspecified atom stereocenters. The van der Waals surface area contributed by atoms with Gasteiger partial charge in [0.1, 0.15) is 0 Å². The van der Waals surface area contributed by atoms with Crippen molar-refractivity contribution in [1.29, 1.82) is 0 Å². The second kappa shape index (κ2) is 6.43. The van der Waals surface area contributed by atoms with Crippen molar-refractivity contribution in [1.82, 2.24) is 0 Å². The lowest BCUT2D eigenvalue weighted by molar-refractivity contribution is -0.510. The SMILES string of the molecule is CCOC(=O)C(Cc1ccccc1[N+](=O)[O-])[N+](=O)[O-]. The summed E-state index contributed by atoms with van der Waals surface area (Å²) in [5, 5.41) is 21.6. The van der Waals surface area contributed by atoms with Crippen molar-refractivity contribution in [2.45, 2.75) is 19.4 Å². The summed E-state index contributed by atoms with van der Waals surface area (Å²) in [6.45, 7) is 1.54. The first-order valence-electron chi connectivity index (χ1n) is 5.49. The van der Waals surface area contributed by atoms with Crippen LogP contribution in [0.5, 0.6) is 0 Å². The topological polar surface area (TPSA) is 113 Å². The minimum Gasteiger partial charge on any atom is -0.461 e. The fourth-order valence-electron chi connectivity index (χ4n) is 1.55.